The molecule has 0 atom stereocenters. The number of aryl methyl sites for hydroxylation is 2. The lowest BCUT2D eigenvalue weighted by Gasteiger charge is -2.10. The summed E-state index contributed by atoms with van der Waals surface area (Å²) < 4.78 is 23.9. The van der Waals surface area contributed by atoms with Crippen LogP contribution < -0.4 is 10.1 Å². The standard InChI is InChI=1S/C22H21FN6O2/c1-28-21-15(13-24-28)17-11-14(12-19(23)25-17)20(30)27-22-26-16-7-3-4-8-18(16)29(22)9-5-2-6-10-31-21/h3-4,7-8,11-13H,2,5-6,9-10H2,1H3,(H,26,27,30). The first-order valence-corrected chi connectivity index (χ1v) is 10.2. The minimum Gasteiger partial charge on any atom is -0.477 e. The number of carbonyl (C=O) groups excluding carboxylic acids is 1. The maximum atomic E-state index is 14.3. The normalized spacial score (nSPS) is 14.7. The molecule has 8 nitrogen and oxygen atoms in total. The number of ether oxygens (including phenoxy) is 1. The number of hydrogen-bond acceptors (Lipinski definition) is 5. The van der Waals surface area contributed by atoms with Gasteiger partial charge in [0.05, 0.1) is 35.1 Å². The Kier molecular flexibility index (Phi) is 4.85. The van der Waals surface area contributed by atoms with Crippen LogP contribution in [0.1, 0.15) is 29.6 Å². The molecule has 0 radical (unpaired) electrons. The van der Waals surface area contributed by atoms with Crippen LogP contribution in [-0.4, -0.2) is 36.8 Å². The fourth-order valence-electron chi connectivity index (χ4n) is 3.83. The van der Waals surface area contributed by atoms with Crippen LogP contribution >= 0.6 is 0 Å². The number of fused-ring (bicyclic) bond motifs is 7. The zero-order chi connectivity index (χ0) is 21.4. The number of para-hydroxylation sites is 2. The van der Waals surface area contributed by atoms with Crippen molar-refractivity contribution in [2.75, 3.05) is 11.9 Å². The smallest absolute Gasteiger partial charge is 0.258 e. The molecule has 0 aliphatic carbocycles. The van der Waals surface area contributed by atoms with Crippen molar-refractivity contribution >= 4 is 22.9 Å². The third kappa shape index (κ3) is 3.63. The Labute approximate surface area is 177 Å². The van der Waals surface area contributed by atoms with E-state index in [2.05, 4.69) is 20.4 Å². The highest BCUT2D eigenvalue weighted by Gasteiger charge is 2.20. The van der Waals surface area contributed by atoms with E-state index < -0.39 is 11.9 Å². The van der Waals surface area contributed by atoms with Gasteiger partial charge in [-0.2, -0.15) is 9.49 Å². The van der Waals surface area contributed by atoms with Gasteiger partial charge in [-0.25, -0.2) is 14.6 Å². The molecule has 1 N–H and O–H groups in total. The molecule has 1 aromatic carbocycles. The van der Waals surface area contributed by atoms with Gasteiger partial charge >= 0.3 is 0 Å². The number of carbonyl (C=O) groups is 1. The largest absolute Gasteiger partial charge is 0.477 e. The number of halogens is 1. The summed E-state index contributed by atoms with van der Waals surface area (Å²) >= 11 is 0. The van der Waals surface area contributed by atoms with Gasteiger partial charge in [0.15, 0.2) is 0 Å². The van der Waals surface area contributed by atoms with Gasteiger partial charge in [-0.3, -0.25) is 10.1 Å². The van der Waals surface area contributed by atoms with Crippen molar-refractivity contribution in [3.63, 3.8) is 0 Å². The molecule has 5 rings (SSSR count). The number of imidazole rings is 1. The molecule has 1 aliphatic heterocycles. The predicted molar refractivity (Wildman–Crippen MR) is 113 cm³/mol. The van der Waals surface area contributed by atoms with Gasteiger partial charge < -0.3 is 9.30 Å². The number of aromatic nitrogens is 5. The molecule has 0 saturated carbocycles. The van der Waals surface area contributed by atoms with E-state index in [1.165, 1.54) is 6.07 Å². The maximum absolute atomic E-state index is 14.3. The number of nitrogens with zero attached hydrogens (tertiary/aromatic N) is 5. The molecule has 9 heteroatoms. The highest BCUT2D eigenvalue weighted by Crippen LogP contribution is 2.30. The monoisotopic (exact) mass is 420 g/mol. The van der Waals surface area contributed by atoms with E-state index in [-0.39, 0.29) is 11.3 Å². The summed E-state index contributed by atoms with van der Waals surface area (Å²) in [5, 5.41) is 7.06. The highest BCUT2D eigenvalue weighted by atomic mass is 19.1. The van der Waals surface area contributed by atoms with Crippen LogP contribution in [0.4, 0.5) is 10.3 Å². The van der Waals surface area contributed by atoms with E-state index in [0.29, 0.717) is 30.5 Å². The first kappa shape index (κ1) is 19.2. The fraction of sp³-hybridized carbons (Fsp3) is 0.273. The predicted octanol–water partition coefficient (Wildman–Crippen LogP) is 3.79. The molecule has 1 aliphatic rings. The highest BCUT2D eigenvalue weighted by molar-refractivity contribution is 6.04. The summed E-state index contributed by atoms with van der Waals surface area (Å²) in [6.45, 7) is 1.20. The maximum Gasteiger partial charge on any atom is 0.258 e. The molecule has 0 fully saturated rings. The number of anilines is 1. The number of nitrogens with one attached hydrogen (secondary N) is 1. The van der Waals surface area contributed by atoms with Crippen molar-refractivity contribution in [2.45, 2.75) is 25.8 Å². The van der Waals surface area contributed by atoms with Crippen LogP contribution in [0.25, 0.3) is 22.3 Å². The summed E-state index contributed by atoms with van der Waals surface area (Å²) in [5.41, 5.74) is 2.71. The van der Waals surface area contributed by atoms with E-state index in [4.69, 9.17) is 4.74 Å². The minimum absolute atomic E-state index is 0.144. The van der Waals surface area contributed by atoms with Crippen LogP contribution in [0.2, 0.25) is 0 Å². The van der Waals surface area contributed by atoms with Gasteiger partial charge in [-0.15, -0.1) is 0 Å². The van der Waals surface area contributed by atoms with Crippen LogP contribution in [0, 0.1) is 5.95 Å². The van der Waals surface area contributed by atoms with Gasteiger partial charge in [0.1, 0.15) is 0 Å². The van der Waals surface area contributed by atoms with Crippen molar-refractivity contribution in [3.05, 3.63) is 54.1 Å². The van der Waals surface area contributed by atoms with Crippen LogP contribution in [0.15, 0.2) is 42.6 Å². The number of benzene rings is 1. The topological polar surface area (TPSA) is 86.9 Å². The Morgan fingerprint density at radius 1 is 1.13 bits per heavy atom. The second-order valence-electron chi connectivity index (χ2n) is 7.49. The Hall–Kier alpha value is -3.75. The van der Waals surface area contributed by atoms with Gasteiger partial charge in [0.2, 0.25) is 17.8 Å². The van der Waals surface area contributed by atoms with E-state index >= 15 is 0 Å². The molecular weight excluding hydrogens is 399 g/mol. The Morgan fingerprint density at radius 3 is 2.90 bits per heavy atom. The Balaban J connectivity index is 1.60. The molecule has 2 bridgehead atoms. The third-order valence-electron chi connectivity index (χ3n) is 5.36. The molecule has 0 spiro atoms. The van der Waals surface area contributed by atoms with E-state index in [1.54, 1.807) is 17.9 Å². The van der Waals surface area contributed by atoms with Crippen LogP contribution in [0.5, 0.6) is 5.88 Å². The Morgan fingerprint density at radius 2 is 2.00 bits per heavy atom. The zero-order valence-electron chi connectivity index (χ0n) is 17.0. The van der Waals surface area contributed by atoms with Crippen molar-refractivity contribution in [1.29, 1.82) is 0 Å². The SMILES string of the molecule is Cn1ncc2c1OCCCCCn1c(nc3ccccc31)NC(=O)c1cc(F)nc-2c1. The summed E-state index contributed by atoms with van der Waals surface area (Å²) in [6, 6.07) is 10.4. The van der Waals surface area contributed by atoms with E-state index in [9.17, 15) is 9.18 Å². The number of hydrogen-bond donors (Lipinski definition) is 1. The Bertz CT molecular complexity index is 1280. The van der Waals surface area contributed by atoms with Gasteiger partial charge in [-0.05, 0) is 37.5 Å². The summed E-state index contributed by atoms with van der Waals surface area (Å²) in [4.78, 5) is 21.6. The van der Waals surface area contributed by atoms with Gasteiger partial charge in [0, 0.05) is 25.2 Å². The molecule has 158 valence electrons. The first-order chi connectivity index (χ1) is 15.1. The lowest BCUT2D eigenvalue weighted by molar-refractivity contribution is 0.102. The molecule has 31 heavy (non-hydrogen) atoms. The second-order valence-corrected chi connectivity index (χ2v) is 7.49. The molecule has 4 aromatic rings. The second kappa shape index (κ2) is 7.82. The first-order valence-electron chi connectivity index (χ1n) is 10.2. The van der Waals surface area contributed by atoms with Crippen molar-refractivity contribution < 1.29 is 13.9 Å². The number of pyridine rings is 1. The van der Waals surface area contributed by atoms with Crippen LogP contribution in [-0.2, 0) is 13.6 Å². The lowest BCUT2D eigenvalue weighted by atomic mass is 10.1. The molecule has 4 heterocycles. The van der Waals surface area contributed by atoms with Crippen molar-refractivity contribution in [2.24, 2.45) is 7.05 Å². The molecule has 1 amide bonds. The number of amides is 1. The summed E-state index contributed by atoms with van der Waals surface area (Å²) in [7, 11) is 1.75. The molecule has 0 unspecified atom stereocenters. The number of rotatable bonds is 0. The summed E-state index contributed by atoms with van der Waals surface area (Å²) in [6.07, 6.45) is 4.25. The average Bonchev–Trinajstić information content (AvgIpc) is 3.29. The lowest BCUT2D eigenvalue weighted by Crippen LogP contribution is -2.17. The molecule has 0 saturated heterocycles. The fourth-order valence-corrected chi connectivity index (χ4v) is 3.83. The zero-order valence-corrected chi connectivity index (χ0v) is 17.0. The average molecular weight is 420 g/mol. The quantitative estimate of drug-likeness (QED) is 0.438. The molecule has 3 aromatic heterocycles. The van der Waals surface area contributed by atoms with Crippen molar-refractivity contribution in [3.8, 4) is 17.1 Å². The summed E-state index contributed by atoms with van der Waals surface area (Å²) in [5.74, 6) is -0.271. The minimum atomic E-state index is -0.754. The van der Waals surface area contributed by atoms with Gasteiger partial charge in [-0.1, -0.05) is 12.1 Å². The molecular formula is C22H21FN6O2. The van der Waals surface area contributed by atoms with Crippen LogP contribution in [0.3, 0.4) is 0 Å². The van der Waals surface area contributed by atoms with Crippen molar-refractivity contribution in [1.82, 2.24) is 24.3 Å². The third-order valence-corrected chi connectivity index (χ3v) is 5.36. The van der Waals surface area contributed by atoms with E-state index in [0.717, 1.165) is 36.4 Å². The van der Waals surface area contributed by atoms with Gasteiger partial charge in [0.25, 0.3) is 5.91 Å². The van der Waals surface area contributed by atoms with E-state index in [1.807, 2.05) is 28.8 Å².